The summed E-state index contributed by atoms with van der Waals surface area (Å²) in [5.41, 5.74) is 5.84. The number of nitrogens with two attached hydrogens (primary N) is 1. The maximum absolute atomic E-state index is 12.0. The van der Waals surface area contributed by atoms with Gasteiger partial charge in [-0.3, -0.25) is 0 Å². The zero-order valence-electron chi connectivity index (χ0n) is 10.8. The highest BCUT2D eigenvalue weighted by Gasteiger charge is 2.38. The third-order valence-corrected chi connectivity index (χ3v) is 6.06. The second-order valence-electron chi connectivity index (χ2n) is 5.13. The number of amides is 2. The van der Waals surface area contributed by atoms with E-state index in [2.05, 4.69) is 5.32 Å². The SMILES string of the molecule is CSC1(C(N)=S)CCN(C(=O)NC2CCC2)CC1. The number of carbonyl (C=O) groups excluding carboxylic acids is 1. The molecule has 2 aliphatic rings. The van der Waals surface area contributed by atoms with Crippen LogP contribution in [0.3, 0.4) is 0 Å². The molecule has 1 heterocycles. The summed E-state index contributed by atoms with van der Waals surface area (Å²) in [6.07, 6.45) is 7.26. The van der Waals surface area contributed by atoms with E-state index in [0.717, 1.165) is 38.8 Å². The van der Waals surface area contributed by atoms with E-state index in [9.17, 15) is 4.79 Å². The van der Waals surface area contributed by atoms with Crippen molar-refractivity contribution >= 4 is 35.0 Å². The zero-order chi connectivity index (χ0) is 13.2. The first-order valence-electron chi connectivity index (χ1n) is 6.48. The standard InChI is InChI=1S/C12H21N3OS2/c1-18-12(10(13)17)5-7-15(8-6-12)11(16)14-9-3-2-4-9/h9H,2-8H2,1H3,(H2,13,17)(H,14,16). The van der Waals surface area contributed by atoms with Crippen molar-refractivity contribution in [2.24, 2.45) is 5.73 Å². The summed E-state index contributed by atoms with van der Waals surface area (Å²) in [5.74, 6) is 0. The molecule has 1 aliphatic carbocycles. The monoisotopic (exact) mass is 287 g/mol. The molecule has 0 aromatic heterocycles. The Morgan fingerprint density at radius 3 is 2.44 bits per heavy atom. The van der Waals surface area contributed by atoms with Crippen LogP contribution in [0.15, 0.2) is 0 Å². The molecule has 3 N–H and O–H groups in total. The van der Waals surface area contributed by atoms with Crippen molar-refractivity contribution in [1.29, 1.82) is 0 Å². The largest absolute Gasteiger partial charge is 0.392 e. The van der Waals surface area contributed by atoms with Gasteiger partial charge in [0.05, 0.1) is 9.74 Å². The van der Waals surface area contributed by atoms with Crippen molar-refractivity contribution in [2.45, 2.75) is 42.9 Å². The van der Waals surface area contributed by atoms with Gasteiger partial charge < -0.3 is 16.0 Å². The van der Waals surface area contributed by atoms with Gasteiger partial charge in [-0.15, -0.1) is 0 Å². The van der Waals surface area contributed by atoms with Gasteiger partial charge in [-0.25, -0.2) is 4.79 Å². The normalized spacial score (nSPS) is 23.3. The molecular weight excluding hydrogens is 266 g/mol. The lowest BCUT2D eigenvalue weighted by Crippen LogP contribution is -2.54. The number of carbonyl (C=O) groups is 1. The van der Waals surface area contributed by atoms with Crippen LogP contribution in [0.4, 0.5) is 4.79 Å². The van der Waals surface area contributed by atoms with E-state index < -0.39 is 0 Å². The van der Waals surface area contributed by atoms with E-state index in [1.165, 1.54) is 6.42 Å². The molecule has 0 radical (unpaired) electrons. The van der Waals surface area contributed by atoms with Crippen LogP contribution < -0.4 is 11.1 Å². The van der Waals surface area contributed by atoms with Gasteiger partial charge in [0, 0.05) is 19.1 Å². The summed E-state index contributed by atoms with van der Waals surface area (Å²) in [6.45, 7) is 1.49. The molecule has 2 fully saturated rings. The number of hydrogen-bond acceptors (Lipinski definition) is 3. The molecule has 2 amide bonds. The van der Waals surface area contributed by atoms with Crippen LogP contribution in [0.25, 0.3) is 0 Å². The molecule has 0 atom stereocenters. The number of hydrogen-bond donors (Lipinski definition) is 2. The van der Waals surface area contributed by atoms with Crippen molar-refractivity contribution < 1.29 is 4.79 Å². The van der Waals surface area contributed by atoms with Gasteiger partial charge in [0.15, 0.2) is 0 Å². The smallest absolute Gasteiger partial charge is 0.317 e. The van der Waals surface area contributed by atoms with Crippen LogP contribution in [0, 0.1) is 0 Å². The number of likely N-dealkylation sites (tertiary alicyclic amines) is 1. The Hall–Kier alpha value is -0.490. The van der Waals surface area contributed by atoms with Crippen molar-refractivity contribution in [1.82, 2.24) is 10.2 Å². The van der Waals surface area contributed by atoms with Crippen LogP contribution >= 0.6 is 24.0 Å². The van der Waals surface area contributed by atoms with E-state index in [-0.39, 0.29) is 10.8 Å². The molecule has 1 saturated heterocycles. The van der Waals surface area contributed by atoms with Crippen LogP contribution in [0.5, 0.6) is 0 Å². The highest BCUT2D eigenvalue weighted by molar-refractivity contribution is 8.02. The molecule has 1 saturated carbocycles. The zero-order valence-corrected chi connectivity index (χ0v) is 12.4. The average Bonchev–Trinajstić information content (AvgIpc) is 2.33. The van der Waals surface area contributed by atoms with Crippen molar-refractivity contribution in [2.75, 3.05) is 19.3 Å². The molecular formula is C12H21N3OS2. The van der Waals surface area contributed by atoms with E-state index in [1.807, 2.05) is 11.2 Å². The number of nitrogens with one attached hydrogen (secondary N) is 1. The number of thioether (sulfide) groups is 1. The summed E-state index contributed by atoms with van der Waals surface area (Å²) < 4.78 is -0.109. The molecule has 0 aromatic rings. The van der Waals surface area contributed by atoms with E-state index in [1.54, 1.807) is 11.8 Å². The maximum atomic E-state index is 12.0. The van der Waals surface area contributed by atoms with Crippen molar-refractivity contribution in [3.05, 3.63) is 0 Å². The third kappa shape index (κ3) is 2.74. The van der Waals surface area contributed by atoms with Crippen LogP contribution in [-0.4, -0.2) is 46.1 Å². The summed E-state index contributed by atoms with van der Waals surface area (Å²) in [6, 6.07) is 0.484. The van der Waals surface area contributed by atoms with Gasteiger partial charge in [0.2, 0.25) is 0 Å². The minimum atomic E-state index is -0.109. The molecule has 18 heavy (non-hydrogen) atoms. The highest BCUT2D eigenvalue weighted by atomic mass is 32.2. The number of nitrogens with zero attached hydrogens (tertiary/aromatic N) is 1. The molecule has 0 bridgehead atoms. The molecule has 2 rings (SSSR count). The third-order valence-electron chi connectivity index (χ3n) is 4.13. The summed E-state index contributed by atoms with van der Waals surface area (Å²) >= 11 is 6.89. The predicted octanol–water partition coefficient (Wildman–Crippen LogP) is 1.73. The number of piperidine rings is 1. The number of rotatable bonds is 3. The lowest BCUT2D eigenvalue weighted by molar-refractivity contribution is 0.173. The van der Waals surface area contributed by atoms with Crippen LogP contribution in [-0.2, 0) is 0 Å². The van der Waals surface area contributed by atoms with Crippen molar-refractivity contribution in [3.63, 3.8) is 0 Å². The van der Waals surface area contributed by atoms with Crippen LogP contribution in [0.1, 0.15) is 32.1 Å². The summed E-state index contributed by atoms with van der Waals surface area (Å²) in [7, 11) is 0. The Balaban J connectivity index is 1.85. The molecule has 1 aliphatic heterocycles. The van der Waals surface area contributed by atoms with E-state index in [0.29, 0.717) is 11.0 Å². The van der Waals surface area contributed by atoms with Gasteiger partial charge in [-0.1, -0.05) is 12.2 Å². The second-order valence-corrected chi connectivity index (χ2v) is 6.76. The molecule has 0 unspecified atom stereocenters. The quantitative estimate of drug-likeness (QED) is 0.776. The molecule has 0 spiro atoms. The first-order chi connectivity index (χ1) is 8.57. The van der Waals surface area contributed by atoms with Gasteiger partial charge in [0.25, 0.3) is 0 Å². The predicted molar refractivity (Wildman–Crippen MR) is 80.0 cm³/mol. The molecule has 4 nitrogen and oxygen atoms in total. The van der Waals surface area contributed by atoms with Gasteiger partial charge in [0.1, 0.15) is 0 Å². The Labute approximate surface area is 118 Å². The summed E-state index contributed by atoms with van der Waals surface area (Å²) in [4.78, 5) is 14.5. The van der Waals surface area contributed by atoms with Gasteiger partial charge in [-0.2, -0.15) is 11.8 Å². The Kier molecular flexibility index (Phi) is 4.37. The first-order valence-corrected chi connectivity index (χ1v) is 8.11. The Morgan fingerprint density at radius 2 is 2.06 bits per heavy atom. The van der Waals surface area contributed by atoms with Gasteiger partial charge >= 0.3 is 6.03 Å². The summed E-state index contributed by atoms with van der Waals surface area (Å²) in [5, 5.41) is 3.08. The topological polar surface area (TPSA) is 58.4 Å². The fraction of sp³-hybridized carbons (Fsp3) is 0.833. The minimum absolute atomic E-state index is 0.0809. The maximum Gasteiger partial charge on any atom is 0.317 e. The highest BCUT2D eigenvalue weighted by Crippen LogP contribution is 2.35. The molecule has 102 valence electrons. The number of urea groups is 1. The lowest BCUT2D eigenvalue weighted by atomic mass is 9.93. The average molecular weight is 287 g/mol. The number of thiocarbonyl (C=S) groups is 1. The Bertz CT molecular complexity index is 336. The van der Waals surface area contributed by atoms with Crippen LogP contribution in [0.2, 0.25) is 0 Å². The van der Waals surface area contributed by atoms with E-state index >= 15 is 0 Å². The fourth-order valence-corrected chi connectivity index (χ4v) is 3.69. The first kappa shape index (κ1) is 13.9. The fourth-order valence-electron chi connectivity index (χ4n) is 2.44. The lowest BCUT2D eigenvalue weighted by Gasteiger charge is -2.40. The molecule has 0 aromatic carbocycles. The van der Waals surface area contributed by atoms with Crippen molar-refractivity contribution in [3.8, 4) is 0 Å². The van der Waals surface area contributed by atoms with E-state index in [4.69, 9.17) is 18.0 Å². The Morgan fingerprint density at radius 1 is 1.44 bits per heavy atom. The van der Waals surface area contributed by atoms with Gasteiger partial charge in [-0.05, 0) is 38.4 Å². The minimum Gasteiger partial charge on any atom is -0.392 e. The molecule has 6 heteroatoms. The second kappa shape index (κ2) is 5.65.